The normalized spacial score (nSPS) is 11.2. The first-order chi connectivity index (χ1) is 13.8. The highest BCUT2D eigenvalue weighted by Gasteiger charge is 2.20. The molecule has 0 saturated carbocycles. The average Bonchev–Trinajstić information content (AvgIpc) is 3.00. The maximum absolute atomic E-state index is 13.1. The monoisotopic (exact) mass is 390 g/mol. The number of imidazole rings is 1. The lowest BCUT2D eigenvalue weighted by molar-refractivity contribution is 0.427. The van der Waals surface area contributed by atoms with E-state index in [1.54, 1.807) is 18.7 Å². The van der Waals surface area contributed by atoms with Crippen LogP contribution in [-0.4, -0.2) is 18.7 Å². The number of ether oxygens (including phenoxy) is 1. The van der Waals surface area contributed by atoms with Crippen molar-refractivity contribution in [1.82, 2.24) is 18.7 Å². The molecule has 0 spiro atoms. The van der Waals surface area contributed by atoms with Crippen LogP contribution in [-0.2, 0) is 20.6 Å². The molecule has 0 aliphatic heterocycles. The van der Waals surface area contributed by atoms with Gasteiger partial charge in [-0.15, -0.1) is 0 Å². The van der Waals surface area contributed by atoms with Crippen LogP contribution in [0.4, 0.5) is 0 Å². The zero-order valence-electron chi connectivity index (χ0n) is 16.8. The zero-order valence-corrected chi connectivity index (χ0v) is 16.8. The van der Waals surface area contributed by atoms with E-state index >= 15 is 0 Å². The van der Waals surface area contributed by atoms with Crippen LogP contribution in [0, 0.1) is 13.8 Å². The van der Waals surface area contributed by atoms with E-state index in [2.05, 4.69) is 4.98 Å². The molecular weight excluding hydrogens is 368 g/mol. The second-order valence-electron chi connectivity index (χ2n) is 7.27. The number of rotatable bonds is 4. The third-order valence-electron chi connectivity index (χ3n) is 4.91. The molecule has 0 N–H and O–H groups in total. The van der Waals surface area contributed by atoms with Gasteiger partial charge >= 0.3 is 11.7 Å². The molecule has 4 rings (SSSR count). The Morgan fingerprint density at radius 2 is 1.59 bits per heavy atom. The van der Waals surface area contributed by atoms with E-state index in [9.17, 15) is 9.59 Å². The van der Waals surface area contributed by atoms with Crippen LogP contribution in [0.3, 0.4) is 0 Å². The fourth-order valence-electron chi connectivity index (χ4n) is 3.52. The van der Waals surface area contributed by atoms with Crippen molar-refractivity contribution in [3.8, 4) is 11.8 Å². The molecule has 0 aliphatic carbocycles. The third-order valence-corrected chi connectivity index (χ3v) is 4.91. The van der Waals surface area contributed by atoms with Gasteiger partial charge in [0.05, 0.1) is 6.54 Å². The van der Waals surface area contributed by atoms with Gasteiger partial charge in [-0.25, -0.2) is 4.79 Å². The maximum atomic E-state index is 13.1. The van der Waals surface area contributed by atoms with Crippen LogP contribution in [0.25, 0.3) is 11.2 Å². The van der Waals surface area contributed by atoms with Gasteiger partial charge in [0.25, 0.3) is 5.56 Å². The van der Waals surface area contributed by atoms with Gasteiger partial charge < -0.3 is 4.74 Å². The summed E-state index contributed by atoms with van der Waals surface area (Å²) in [5.41, 5.74) is 2.82. The first-order valence-corrected chi connectivity index (χ1v) is 9.31. The van der Waals surface area contributed by atoms with E-state index in [0.717, 1.165) is 16.7 Å². The highest BCUT2D eigenvalue weighted by atomic mass is 16.5. The summed E-state index contributed by atoms with van der Waals surface area (Å²) in [5.74, 6) is 0.635. The van der Waals surface area contributed by atoms with Gasteiger partial charge in [-0.3, -0.25) is 18.5 Å². The fraction of sp³-hybridized carbons (Fsp3) is 0.227. The molecule has 0 unspecified atom stereocenters. The third kappa shape index (κ3) is 3.35. The molecule has 2 aromatic carbocycles. The van der Waals surface area contributed by atoms with Gasteiger partial charge in [-0.05, 0) is 42.7 Å². The van der Waals surface area contributed by atoms with Crippen molar-refractivity contribution in [1.29, 1.82) is 0 Å². The topological polar surface area (TPSA) is 71.1 Å². The number of benzene rings is 2. The van der Waals surface area contributed by atoms with Crippen LogP contribution in [0.15, 0.2) is 58.1 Å². The van der Waals surface area contributed by atoms with Crippen molar-refractivity contribution in [2.75, 3.05) is 0 Å². The molecule has 0 bridgehead atoms. The van der Waals surface area contributed by atoms with Crippen molar-refractivity contribution in [2.45, 2.75) is 20.4 Å². The Balaban J connectivity index is 1.85. The first-order valence-electron chi connectivity index (χ1n) is 9.31. The minimum Gasteiger partial charge on any atom is -0.425 e. The second kappa shape index (κ2) is 7.09. The summed E-state index contributed by atoms with van der Waals surface area (Å²) in [5, 5.41) is 0. The van der Waals surface area contributed by atoms with E-state index in [4.69, 9.17) is 4.74 Å². The van der Waals surface area contributed by atoms with Gasteiger partial charge in [0.1, 0.15) is 5.75 Å². The van der Waals surface area contributed by atoms with Gasteiger partial charge in [-0.1, -0.05) is 36.4 Å². The van der Waals surface area contributed by atoms with Gasteiger partial charge in [0, 0.05) is 14.1 Å². The Kier molecular flexibility index (Phi) is 4.58. The summed E-state index contributed by atoms with van der Waals surface area (Å²) in [6, 6.07) is 15.5. The lowest BCUT2D eigenvalue weighted by Gasteiger charge is -2.09. The van der Waals surface area contributed by atoms with Crippen LogP contribution < -0.4 is 16.0 Å². The molecule has 29 heavy (non-hydrogen) atoms. The zero-order chi connectivity index (χ0) is 20.7. The Bertz CT molecular complexity index is 1310. The van der Waals surface area contributed by atoms with Crippen LogP contribution in [0.5, 0.6) is 11.8 Å². The fourth-order valence-corrected chi connectivity index (χ4v) is 3.52. The lowest BCUT2D eigenvalue weighted by atomic mass is 10.1. The maximum Gasteiger partial charge on any atom is 0.332 e. The van der Waals surface area contributed by atoms with E-state index in [1.165, 1.54) is 9.13 Å². The van der Waals surface area contributed by atoms with Crippen molar-refractivity contribution >= 4 is 11.2 Å². The Hall–Kier alpha value is -3.61. The molecule has 0 radical (unpaired) electrons. The summed E-state index contributed by atoms with van der Waals surface area (Å²) >= 11 is 0. The van der Waals surface area contributed by atoms with Gasteiger partial charge in [0.2, 0.25) is 0 Å². The van der Waals surface area contributed by atoms with Crippen LogP contribution in [0.1, 0.15) is 16.7 Å². The smallest absolute Gasteiger partial charge is 0.332 e. The van der Waals surface area contributed by atoms with Crippen molar-refractivity contribution in [2.24, 2.45) is 14.1 Å². The van der Waals surface area contributed by atoms with Crippen molar-refractivity contribution in [3.63, 3.8) is 0 Å². The molecule has 7 nitrogen and oxygen atoms in total. The summed E-state index contributed by atoms with van der Waals surface area (Å²) in [6.45, 7) is 4.17. The molecule has 0 amide bonds. The van der Waals surface area contributed by atoms with Crippen molar-refractivity contribution < 1.29 is 4.74 Å². The average molecular weight is 390 g/mol. The standard InChI is InChI=1S/C22H22N4O3/c1-14-10-15(2)12-17(11-14)29-21-23-19-18(24(21)3)20(27)26(22(28)25(19)4)13-16-8-6-5-7-9-16/h5-12H,13H2,1-4H3. The summed E-state index contributed by atoms with van der Waals surface area (Å²) in [6.07, 6.45) is 0. The molecule has 2 aromatic heterocycles. The highest BCUT2D eigenvalue weighted by molar-refractivity contribution is 5.72. The molecular formula is C22H22N4O3. The van der Waals surface area contributed by atoms with Crippen LogP contribution in [0.2, 0.25) is 0 Å². The molecule has 7 heteroatoms. The molecule has 4 aromatic rings. The highest BCUT2D eigenvalue weighted by Crippen LogP contribution is 2.24. The number of fused-ring (bicyclic) bond motifs is 1. The number of aromatic nitrogens is 4. The molecule has 0 fully saturated rings. The number of aryl methyl sites for hydroxylation is 4. The lowest BCUT2D eigenvalue weighted by Crippen LogP contribution is -2.39. The SMILES string of the molecule is Cc1cc(C)cc(Oc2nc3c(c(=O)n(Cc4ccccc4)c(=O)n3C)n2C)c1. The number of hydrogen-bond donors (Lipinski definition) is 0. The van der Waals surface area contributed by atoms with Gasteiger partial charge in [0.15, 0.2) is 11.2 Å². The quantitative estimate of drug-likeness (QED) is 0.537. The first kappa shape index (κ1) is 18.7. The van der Waals surface area contributed by atoms with E-state index in [0.29, 0.717) is 16.9 Å². The van der Waals surface area contributed by atoms with E-state index < -0.39 is 11.2 Å². The van der Waals surface area contributed by atoms with E-state index in [1.807, 2.05) is 62.4 Å². The van der Waals surface area contributed by atoms with E-state index in [-0.39, 0.29) is 12.6 Å². The summed E-state index contributed by atoms with van der Waals surface area (Å²) in [4.78, 5) is 30.4. The minimum absolute atomic E-state index is 0.195. The van der Waals surface area contributed by atoms with Crippen molar-refractivity contribution in [3.05, 3.63) is 86.1 Å². The van der Waals surface area contributed by atoms with Crippen LogP contribution >= 0.6 is 0 Å². The molecule has 0 aliphatic rings. The predicted molar refractivity (Wildman–Crippen MR) is 112 cm³/mol. The second-order valence-corrected chi connectivity index (χ2v) is 7.27. The molecule has 0 saturated heterocycles. The Labute approximate surface area is 167 Å². The minimum atomic E-state index is -0.414. The summed E-state index contributed by atoms with van der Waals surface area (Å²) in [7, 11) is 3.32. The molecule has 2 heterocycles. The Morgan fingerprint density at radius 3 is 2.24 bits per heavy atom. The summed E-state index contributed by atoms with van der Waals surface area (Å²) < 4.78 is 10.2. The molecule has 148 valence electrons. The Morgan fingerprint density at radius 1 is 0.931 bits per heavy atom. The predicted octanol–water partition coefficient (Wildman–Crippen LogP) is 2.89. The largest absolute Gasteiger partial charge is 0.425 e. The number of hydrogen-bond acceptors (Lipinski definition) is 4. The molecule has 0 atom stereocenters. The number of nitrogens with zero attached hydrogens (tertiary/aromatic N) is 4. The van der Waals surface area contributed by atoms with Gasteiger partial charge in [-0.2, -0.15) is 4.98 Å².